The fourth-order valence-electron chi connectivity index (χ4n) is 1.65. The molecule has 0 saturated carbocycles. The van der Waals surface area contributed by atoms with Gasteiger partial charge in [0.25, 0.3) is 0 Å². The van der Waals surface area contributed by atoms with E-state index in [0.717, 1.165) is 5.75 Å². The molecule has 0 heterocycles. The van der Waals surface area contributed by atoms with Crippen LogP contribution in [0.2, 0.25) is 0 Å². The minimum Gasteiger partial charge on any atom is -0.492 e. The highest BCUT2D eigenvalue weighted by Crippen LogP contribution is 2.22. The van der Waals surface area contributed by atoms with Gasteiger partial charge in [0.1, 0.15) is 12.4 Å². The van der Waals surface area contributed by atoms with Gasteiger partial charge in [0.05, 0.1) is 5.88 Å². The molecule has 1 nitrogen and oxygen atoms in total. The molecule has 0 atom stereocenters. The summed E-state index contributed by atoms with van der Waals surface area (Å²) >= 11 is 5.57. The van der Waals surface area contributed by atoms with Crippen LogP contribution in [0.4, 0.5) is 0 Å². The van der Waals surface area contributed by atoms with E-state index >= 15 is 0 Å². The third kappa shape index (κ3) is 4.96. The van der Waals surface area contributed by atoms with E-state index in [4.69, 9.17) is 16.3 Å². The van der Waals surface area contributed by atoms with E-state index in [1.807, 2.05) is 26.0 Å². The normalized spacial score (nSPS) is 9.47. The van der Waals surface area contributed by atoms with E-state index in [0.29, 0.717) is 12.5 Å². The van der Waals surface area contributed by atoms with Crippen molar-refractivity contribution < 1.29 is 4.74 Å². The number of benzene rings is 2. The zero-order chi connectivity index (χ0) is 14.1. The second-order valence-corrected chi connectivity index (χ2v) is 4.31. The first-order valence-corrected chi connectivity index (χ1v) is 7.19. The van der Waals surface area contributed by atoms with Crippen molar-refractivity contribution >= 4 is 11.6 Å². The molecule has 2 aromatic rings. The lowest BCUT2D eigenvalue weighted by atomic mass is 10.0. The van der Waals surface area contributed by atoms with Crippen molar-refractivity contribution in [1.82, 2.24) is 0 Å². The summed E-state index contributed by atoms with van der Waals surface area (Å²) in [5.74, 6) is 1.38. The lowest BCUT2D eigenvalue weighted by molar-refractivity contribution is 0.343. The van der Waals surface area contributed by atoms with Crippen molar-refractivity contribution in [3.05, 3.63) is 54.1 Å². The highest BCUT2D eigenvalue weighted by Gasteiger charge is 1.98. The van der Waals surface area contributed by atoms with Crippen LogP contribution < -0.4 is 4.74 Å². The molecular weight excluding hydrogens is 256 g/mol. The predicted octanol–water partition coefficient (Wildman–Crippen LogP) is 5.31. The Morgan fingerprint density at radius 2 is 1.32 bits per heavy atom. The zero-order valence-electron chi connectivity index (χ0n) is 11.8. The number of hydrogen-bond acceptors (Lipinski definition) is 1. The minimum absolute atomic E-state index is 0.514. The molecular formula is C17H21ClO. The zero-order valence-corrected chi connectivity index (χ0v) is 12.6. The summed E-state index contributed by atoms with van der Waals surface area (Å²) in [6, 6.07) is 16.6. The molecule has 0 aliphatic carbocycles. The smallest absolute Gasteiger partial charge is 0.119 e. The Hall–Kier alpha value is -1.47. The molecule has 0 radical (unpaired) electrons. The summed E-state index contributed by atoms with van der Waals surface area (Å²) in [7, 11) is 0. The van der Waals surface area contributed by atoms with Crippen molar-refractivity contribution in [3.63, 3.8) is 0 Å². The molecule has 0 fully saturated rings. The lowest BCUT2D eigenvalue weighted by Crippen LogP contribution is -1.97. The molecule has 0 amide bonds. The summed E-state index contributed by atoms with van der Waals surface area (Å²) in [6.07, 6.45) is 0. The Bertz CT molecular complexity index is 460. The Morgan fingerprint density at radius 3 is 1.79 bits per heavy atom. The summed E-state index contributed by atoms with van der Waals surface area (Å²) in [5, 5.41) is 0. The van der Waals surface area contributed by atoms with Crippen LogP contribution in [0.1, 0.15) is 19.4 Å². The molecule has 0 aliphatic rings. The number of ether oxygens (including phenoxy) is 1. The number of rotatable bonds is 4. The fourth-order valence-corrected chi connectivity index (χ4v) is 1.72. The lowest BCUT2D eigenvalue weighted by Gasteiger charge is -2.06. The van der Waals surface area contributed by atoms with Gasteiger partial charge < -0.3 is 4.74 Å². The van der Waals surface area contributed by atoms with Gasteiger partial charge in [-0.15, -0.1) is 11.6 Å². The molecule has 0 saturated heterocycles. The highest BCUT2D eigenvalue weighted by atomic mass is 35.5. The Balaban J connectivity index is 0.000000861. The molecule has 0 spiro atoms. The van der Waals surface area contributed by atoms with Crippen molar-refractivity contribution in [2.45, 2.75) is 20.8 Å². The summed E-state index contributed by atoms with van der Waals surface area (Å²) in [4.78, 5) is 0. The Labute approximate surface area is 121 Å². The van der Waals surface area contributed by atoms with E-state index in [2.05, 4.69) is 43.3 Å². The topological polar surface area (TPSA) is 9.23 Å². The first-order chi connectivity index (χ1) is 9.29. The molecule has 19 heavy (non-hydrogen) atoms. The van der Waals surface area contributed by atoms with Gasteiger partial charge in [-0.25, -0.2) is 0 Å². The van der Waals surface area contributed by atoms with Crippen LogP contribution >= 0.6 is 11.6 Å². The van der Waals surface area contributed by atoms with Gasteiger partial charge in [-0.1, -0.05) is 55.8 Å². The summed E-state index contributed by atoms with van der Waals surface area (Å²) in [5.41, 5.74) is 3.69. The van der Waals surface area contributed by atoms with Gasteiger partial charge in [0.15, 0.2) is 0 Å². The number of halogens is 1. The standard InChI is InChI=1S/C15H15ClO.C2H6/c1-12-2-4-13(5-3-12)14-6-8-15(9-7-14)17-11-10-16;1-2/h2-9H,10-11H2,1H3;1-2H3. The van der Waals surface area contributed by atoms with Crippen molar-refractivity contribution in [3.8, 4) is 16.9 Å². The van der Waals surface area contributed by atoms with Crippen LogP contribution in [0, 0.1) is 6.92 Å². The van der Waals surface area contributed by atoms with Crippen LogP contribution in [0.15, 0.2) is 48.5 Å². The third-order valence-corrected chi connectivity index (χ3v) is 2.74. The monoisotopic (exact) mass is 276 g/mol. The van der Waals surface area contributed by atoms with Gasteiger partial charge >= 0.3 is 0 Å². The number of hydrogen-bond donors (Lipinski definition) is 0. The molecule has 2 rings (SSSR count). The van der Waals surface area contributed by atoms with E-state index in [1.165, 1.54) is 16.7 Å². The quantitative estimate of drug-likeness (QED) is 0.688. The van der Waals surface area contributed by atoms with Crippen molar-refractivity contribution in [2.24, 2.45) is 0 Å². The maximum atomic E-state index is 5.57. The number of aryl methyl sites for hydroxylation is 1. The molecule has 0 aliphatic heterocycles. The molecule has 0 aromatic heterocycles. The van der Waals surface area contributed by atoms with Gasteiger partial charge in [-0.05, 0) is 30.2 Å². The van der Waals surface area contributed by atoms with Gasteiger partial charge in [-0.3, -0.25) is 0 Å². The second-order valence-electron chi connectivity index (χ2n) is 3.93. The Kier molecular flexibility index (Phi) is 7.06. The summed E-state index contributed by atoms with van der Waals surface area (Å²) < 4.78 is 5.43. The highest BCUT2D eigenvalue weighted by molar-refractivity contribution is 6.18. The first kappa shape index (κ1) is 15.6. The van der Waals surface area contributed by atoms with Crippen LogP contribution in [-0.2, 0) is 0 Å². The minimum atomic E-state index is 0.514. The van der Waals surface area contributed by atoms with E-state index in [1.54, 1.807) is 0 Å². The molecule has 0 bridgehead atoms. The van der Waals surface area contributed by atoms with Gasteiger partial charge in [-0.2, -0.15) is 0 Å². The van der Waals surface area contributed by atoms with Crippen LogP contribution in [0.25, 0.3) is 11.1 Å². The molecule has 102 valence electrons. The molecule has 2 heteroatoms. The number of alkyl halides is 1. The maximum Gasteiger partial charge on any atom is 0.119 e. The average molecular weight is 277 g/mol. The third-order valence-electron chi connectivity index (χ3n) is 2.59. The van der Waals surface area contributed by atoms with E-state index in [-0.39, 0.29) is 0 Å². The van der Waals surface area contributed by atoms with Gasteiger partial charge in [0, 0.05) is 0 Å². The SMILES string of the molecule is CC.Cc1ccc(-c2ccc(OCCCl)cc2)cc1. The van der Waals surface area contributed by atoms with Crippen LogP contribution in [0.5, 0.6) is 5.75 Å². The van der Waals surface area contributed by atoms with Crippen molar-refractivity contribution in [1.29, 1.82) is 0 Å². The van der Waals surface area contributed by atoms with E-state index < -0.39 is 0 Å². The second kappa shape index (κ2) is 8.60. The van der Waals surface area contributed by atoms with Crippen LogP contribution in [-0.4, -0.2) is 12.5 Å². The van der Waals surface area contributed by atoms with Crippen LogP contribution in [0.3, 0.4) is 0 Å². The Morgan fingerprint density at radius 1 is 0.842 bits per heavy atom. The predicted molar refractivity (Wildman–Crippen MR) is 84.2 cm³/mol. The van der Waals surface area contributed by atoms with E-state index in [9.17, 15) is 0 Å². The maximum absolute atomic E-state index is 5.57. The first-order valence-electron chi connectivity index (χ1n) is 6.65. The fraction of sp³-hybridized carbons (Fsp3) is 0.294. The summed E-state index contributed by atoms with van der Waals surface area (Å²) in [6.45, 7) is 6.64. The largest absolute Gasteiger partial charge is 0.492 e. The average Bonchev–Trinajstić information content (AvgIpc) is 2.49. The molecule has 0 unspecified atom stereocenters. The van der Waals surface area contributed by atoms with Crippen molar-refractivity contribution in [2.75, 3.05) is 12.5 Å². The van der Waals surface area contributed by atoms with Gasteiger partial charge in [0.2, 0.25) is 0 Å². The molecule has 0 N–H and O–H groups in total. The molecule has 2 aromatic carbocycles.